The second-order valence-corrected chi connectivity index (χ2v) is 3.63. The van der Waals surface area contributed by atoms with Crippen molar-refractivity contribution in [2.75, 3.05) is 14.2 Å². The second-order valence-electron chi connectivity index (χ2n) is 3.63. The molecule has 0 aliphatic carbocycles. The third-order valence-electron chi connectivity index (χ3n) is 2.15. The van der Waals surface area contributed by atoms with Crippen LogP contribution < -0.4 is 11.1 Å². The maximum Gasteiger partial charge on any atom is 0.322 e. The van der Waals surface area contributed by atoms with E-state index < -0.39 is 6.04 Å². The summed E-state index contributed by atoms with van der Waals surface area (Å²) >= 11 is 0. The highest BCUT2D eigenvalue weighted by Crippen LogP contribution is 2.02. The number of methoxy groups -OCH3 is 1. The van der Waals surface area contributed by atoms with Gasteiger partial charge in [-0.3, -0.25) is 9.59 Å². The fourth-order valence-electron chi connectivity index (χ4n) is 1.10. The number of esters is 1. The molecular weight excluding hydrogens is 256 g/mol. The van der Waals surface area contributed by atoms with Crippen LogP contribution in [0.5, 0.6) is 0 Å². The van der Waals surface area contributed by atoms with Gasteiger partial charge in [-0.2, -0.15) is 0 Å². The van der Waals surface area contributed by atoms with Gasteiger partial charge >= 0.3 is 5.97 Å². The Bertz CT molecular complexity index is 367. The Labute approximate surface area is 121 Å². The molecule has 3 N–H and O–H groups in total. The van der Waals surface area contributed by atoms with Crippen molar-refractivity contribution in [3.8, 4) is 0 Å². The van der Waals surface area contributed by atoms with Gasteiger partial charge in [0.15, 0.2) is 0 Å². The highest BCUT2D eigenvalue weighted by molar-refractivity contribution is 5.75. The van der Waals surface area contributed by atoms with Crippen LogP contribution in [-0.2, 0) is 20.7 Å². The van der Waals surface area contributed by atoms with Gasteiger partial charge in [-0.05, 0) is 12.0 Å². The fraction of sp³-hybridized carbons (Fsp3) is 0.467. The van der Waals surface area contributed by atoms with Crippen LogP contribution in [0.15, 0.2) is 30.3 Å². The first-order chi connectivity index (χ1) is 9.51. The van der Waals surface area contributed by atoms with Crippen LogP contribution in [-0.4, -0.2) is 32.1 Å². The molecule has 1 unspecified atom stereocenters. The normalized spacial score (nSPS) is 9.90. The van der Waals surface area contributed by atoms with Crippen LogP contribution in [0.1, 0.15) is 26.3 Å². The summed E-state index contributed by atoms with van der Waals surface area (Å²) < 4.78 is 4.52. The molecule has 1 rings (SSSR count). The van der Waals surface area contributed by atoms with Crippen LogP contribution >= 0.6 is 0 Å². The van der Waals surface area contributed by atoms with Crippen molar-refractivity contribution in [3.05, 3.63) is 35.9 Å². The number of carbonyl (C=O) groups is 2. The van der Waals surface area contributed by atoms with E-state index in [0.717, 1.165) is 5.56 Å². The predicted molar refractivity (Wildman–Crippen MR) is 81.2 cm³/mol. The summed E-state index contributed by atoms with van der Waals surface area (Å²) in [6.45, 7) is 5.47. The summed E-state index contributed by atoms with van der Waals surface area (Å²) in [5.74, 6) is -0.367. The van der Waals surface area contributed by atoms with Gasteiger partial charge in [0.25, 0.3) is 0 Å². The summed E-state index contributed by atoms with van der Waals surface area (Å²) in [6.07, 6.45) is 0.521. The Morgan fingerprint density at radius 1 is 1.25 bits per heavy atom. The van der Waals surface area contributed by atoms with Crippen LogP contribution in [0.3, 0.4) is 0 Å². The first-order valence-electron chi connectivity index (χ1n) is 6.57. The lowest BCUT2D eigenvalue weighted by Crippen LogP contribution is -2.33. The molecule has 0 bridgehead atoms. The average molecular weight is 282 g/mol. The van der Waals surface area contributed by atoms with Crippen molar-refractivity contribution in [1.82, 2.24) is 5.32 Å². The molecule has 0 heterocycles. The summed E-state index contributed by atoms with van der Waals surface area (Å²) in [6, 6.07) is 9.06. The molecular formula is C15H26N2O3. The summed E-state index contributed by atoms with van der Waals surface area (Å²) in [4.78, 5) is 20.7. The molecule has 1 aromatic rings. The number of carbonyl (C=O) groups excluding carboxylic acids is 2. The fourth-order valence-corrected chi connectivity index (χ4v) is 1.10. The van der Waals surface area contributed by atoms with Gasteiger partial charge in [-0.1, -0.05) is 44.2 Å². The van der Waals surface area contributed by atoms with Crippen LogP contribution in [0, 0.1) is 0 Å². The lowest BCUT2D eigenvalue weighted by molar-refractivity contribution is -0.142. The molecule has 0 aliphatic rings. The molecule has 0 saturated heterocycles. The van der Waals surface area contributed by atoms with Crippen LogP contribution in [0.2, 0.25) is 0 Å². The molecule has 5 nitrogen and oxygen atoms in total. The van der Waals surface area contributed by atoms with Crippen molar-refractivity contribution >= 4 is 11.9 Å². The number of rotatable bonds is 3. The molecule has 114 valence electrons. The minimum absolute atomic E-state index is 0.00463. The quantitative estimate of drug-likeness (QED) is 0.823. The molecule has 0 spiro atoms. The number of nitrogens with two attached hydrogens (primary N) is 1. The third kappa shape index (κ3) is 11.2. The van der Waals surface area contributed by atoms with Gasteiger partial charge in [0.2, 0.25) is 5.91 Å². The monoisotopic (exact) mass is 282 g/mol. The molecule has 0 aliphatic heterocycles. The zero-order chi connectivity index (χ0) is 16.0. The number of amides is 1. The van der Waals surface area contributed by atoms with E-state index in [2.05, 4.69) is 10.1 Å². The smallest absolute Gasteiger partial charge is 0.322 e. The first kappa shape index (κ1) is 20.4. The van der Waals surface area contributed by atoms with E-state index in [-0.39, 0.29) is 11.9 Å². The summed E-state index contributed by atoms with van der Waals surface area (Å²) in [5.41, 5.74) is 6.63. The highest BCUT2D eigenvalue weighted by Gasteiger charge is 2.13. The Kier molecular flexibility index (Phi) is 13.8. The minimum Gasteiger partial charge on any atom is -0.468 e. The molecule has 0 aromatic heterocycles. The van der Waals surface area contributed by atoms with Crippen LogP contribution in [0.25, 0.3) is 0 Å². The first-order valence-corrected chi connectivity index (χ1v) is 6.57. The molecule has 20 heavy (non-hydrogen) atoms. The van der Waals surface area contributed by atoms with E-state index in [1.54, 1.807) is 7.05 Å². The lowest BCUT2D eigenvalue weighted by atomic mass is 10.1. The van der Waals surface area contributed by atoms with E-state index >= 15 is 0 Å². The largest absolute Gasteiger partial charge is 0.468 e. The Hall–Kier alpha value is -1.88. The zero-order valence-corrected chi connectivity index (χ0v) is 13.0. The Balaban J connectivity index is 0. The van der Waals surface area contributed by atoms with Gasteiger partial charge in [-0.15, -0.1) is 0 Å². The topological polar surface area (TPSA) is 81.4 Å². The van der Waals surface area contributed by atoms with Crippen molar-refractivity contribution in [2.24, 2.45) is 5.73 Å². The third-order valence-corrected chi connectivity index (χ3v) is 2.15. The van der Waals surface area contributed by atoms with Crippen molar-refractivity contribution in [2.45, 2.75) is 33.2 Å². The van der Waals surface area contributed by atoms with E-state index in [9.17, 15) is 9.59 Å². The zero-order valence-electron chi connectivity index (χ0n) is 13.0. The average Bonchev–Trinajstić information content (AvgIpc) is 2.50. The molecule has 0 saturated carbocycles. The van der Waals surface area contributed by atoms with Gasteiger partial charge in [0.05, 0.1) is 7.11 Å². The Morgan fingerprint density at radius 2 is 1.70 bits per heavy atom. The van der Waals surface area contributed by atoms with Crippen molar-refractivity contribution in [1.29, 1.82) is 0 Å². The molecule has 1 atom stereocenters. The molecule has 1 amide bonds. The molecule has 0 radical (unpaired) electrons. The maximum absolute atomic E-state index is 11.0. The second kappa shape index (κ2) is 13.5. The summed E-state index contributed by atoms with van der Waals surface area (Å²) in [7, 11) is 2.94. The van der Waals surface area contributed by atoms with Gasteiger partial charge in [0.1, 0.15) is 6.04 Å². The molecule has 1 aromatic carbocycles. The van der Waals surface area contributed by atoms with Crippen molar-refractivity contribution in [3.63, 3.8) is 0 Å². The number of ether oxygens (including phenoxy) is 1. The number of hydrogen-bond acceptors (Lipinski definition) is 4. The Morgan fingerprint density at radius 3 is 2.05 bits per heavy atom. The SMILES string of the molecule is CC.CNC(C)=O.COC(=O)C(N)Cc1ccccc1. The lowest BCUT2D eigenvalue weighted by Gasteiger charge is -2.08. The highest BCUT2D eigenvalue weighted by atomic mass is 16.5. The number of benzene rings is 1. The minimum atomic E-state index is -0.563. The maximum atomic E-state index is 11.0. The standard InChI is InChI=1S/C10H13NO2.C3H7NO.C2H6/c1-13-10(12)9(11)7-8-5-3-2-4-6-8;1-3(5)4-2;1-2/h2-6,9H,7,11H2,1H3;1-2H3,(H,4,5);1-2H3. The molecule has 5 heteroatoms. The number of nitrogens with one attached hydrogen (secondary N) is 1. The van der Waals surface area contributed by atoms with E-state index in [4.69, 9.17) is 5.73 Å². The van der Waals surface area contributed by atoms with Gasteiger partial charge in [0, 0.05) is 14.0 Å². The summed E-state index contributed by atoms with van der Waals surface area (Å²) in [5, 5.41) is 2.39. The van der Waals surface area contributed by atoms with Crippen molar-refractivity contribution < 1.29 is 14.3 Å². The van der Waals surface area contributed by atoms with E-state index in [1.165, 1.54) is 14.0 Å². The molecule has 0 fully saturated rings. The van der Waals surface area contributed by atoms with Gasteiger partial charge in [-0.25, -0.2) is 0 Å². The van der Waals surface area contributed by atoms with E-state index in [1.807, 2.05) is 44.2 Å². The van der Waals surface area contributed by atoms with E-state index in [0.29, 0.717) is 6.42 Å². The number of hydrogen-bond donors (Lipinski definition) is 2. The van der Waals surface area contributed by atoms with Crippen LogP contribution in [0.4, 0.5) is 0 Å². The van der Waals surface area contributed by atoms with Gasteiger partial charge < -0.3 is 15.8 Å². The predicted octanol–water partition coefficient (Wildman–Crippen LogP) is 1.51.